The first-order chi connectivity index (χ1) is 25.1. The van der Waals surface area contributed by atoms with E-state index in [9.17, 15) is 18.0 Å². The van der Waals surface area contributed by atoms with E-state index in [0.717, 1.165) is 109 Å². The number of fused-ring (bicyclic) bond motifs is 6. The second kappa shape index (κ2) is 12.6. The summed E-state index contributed by atoms with van der Waals surface area (Å²) in [5.74, 6) is 1.14. The Kier molecular flexibility index (Phi) is 8.13. The molecule has 4 heterocycles. The molecule has 10 nitrogen and oxygen atoms in total. The third-order valence-electron chi connectivity index (χ3n) is 12.4. The van der Waals surface area contributed by atoms with E-state index in [1.165, 1.54) is 12.0 Å². The van der Waals surface area contributed by atoms with Crippen molar-refractivity contribution in [2.45, 2.75) is 108 Å². The van der Waals surface area contributed by atoms with Crippen LogP contribution in [-0.4, -0.2) is 64.4 Å². The van der Waals surface area contributed by atoms with Gasteiger partial charge >= 0.3 is 0 Å². The van der Waals surface area contributed by atoms with Gasteiger partial charge in [-0.1, -0.05) is 25.3 Å². The molecule has 1 N–H and O–H groups in total. The lowest BCUT2D eigenvalue weighted by atomic mass is 9.81. The van der Waals surface area contributed by atoms with Gasteiger partial charge in [-0.3, -0.25) is 14.3 Å². The SMILES string of the molecule is COc1ccc2c(c1)C=C(c1c(C(=O)N3CC[C@H]4C[C@H]43)cnn1C1CCC1)Cn1c-2c(C2CCCCC2)c2ccc(C(=O)NS(=O)(=O)C(C)C)cc21. The normalized spacial score (nSPS) is 21.6. The number of aromatic nitrogens is 3. The highest BCUT2D eigenvalue weighted by Crippen LogP contribution is 2.49. The molecule has 4 fully saturated rings. The molecule has 52 heavy (non-hydrogen) atoms. The Morgan fingerprint density at radius 1 is 0.962 bits per heavy atom. The zero-order valence-corrected chi connectivity index (χ0v) is 31.0. The Morgan fingerprint density at radius 2 is 1.77 bits per heavy atom. The van der Waals surface area contributed by atoms with Gasteiger partial charge in [-0.2, -0.15) is 5.10 Å². The predicted octanol–water partition coefficient (Wildman–Crippen LogP) is 7.54. The maximum Gasteiger partial charge on any atom is 0.264 e. The minimum atomic E-state index is -3.82. The molecule has 272 valence electrons. The van der Waals surface area contributed by atoms with Crippen molar-refractivity contribution in [3.05, 3.63) is 70.5 Å². The number of hydrogen-bond donors (Lipinski definition) is 1. The number of hydrogen-bond acceptors (Lipinski definition) is 6. The standard InChI is InChI=1S/C41H47N5O5S/c1-24(2)52(49,50)43-40(47)27-12-14-33-36(21-27)45-23-29(18-28-19-31(51-3)13-15-32(28)39(45)37(33)25-8-5-4-6-9-25)38-34(22-42-46(38)30-10-7-11-30)41(48)44-17-16-26-20-35(26)44/h12-15,18-19,21-22,24-26,30,35H,4-11,16-17,20,23H2,1-3H3,(H,43,47)/t26-,35+/m0/s1. The molecular weight excluding hydrogens is 675 g/mol. The third kappa shape index (κ3) is 5.49. The Balaban J connectivity index is 1.26. The van der Waals surface area contributed by atoms with E-state index in [2.05, 4.69) is 37.1 Å². The van der Waals surface area contributed by atoms with Crippen molar-refractivity contribution in [2.75, 3.05) is 13.7 Å². The highest BCUT2D eigenvalue weighted by atomic mass is 32.2. The largest absolute Gasteiger partial charge is 0.497 e. The number of carbonyl (C=O) groups is 2. The minimum absolute atomic E-state index is 0.0624. The molecule has 2 amide bonds. The zero-order chi connectivity index (χ0) is 35.9. The Bertz CT molecular complexity index is 2260. The number of likely N-dealkylation sites (tertiary alicyclic amines) is 1. The number of benzene rings is 2. The first-order valence-electron chi connectivity index (χ1n) is 19.1. The average molecular weight is 722 g/mol. The highest BCUT2D eigenvalue weighted by Gasteiger charge is 2.49. The zero-order valence-electron chi connectivity index (χ0n) is 30.2. The lowest BCUT2D eigenvalue weighted by molar-refractivity contribution is 0.0767. The van der Waals surface area contributed by atoms with Gasteiger partial charge in [0.1, 0.15) is 5.75 Å². The number of rotatable bonds is 8. The van der Waals surface area contributed by atoms with Gasteiger partial charge in [-0.25, -0.2) is 13.1 Å². The molecule has 1 saturated heterocycles. The van der Waals surface area contributed by atoms with E-state index >= 15 is 0 Å². The molecule has 2 aromatic heterocycles. The van der Waals surface area contributed by atoms with E-state index < -0.39 is 21.2 Å². The fraction of sp³-hybridized carbons (Fsp3) is 0.488. The summed E-state index contributed by atoms with van der Waals surface area (Å²) in [6, 6.07) is 12.4. The fourth-order valence-electron chi connectivity index (χ4n) is 9.18. The quantitative estimate of drug-likeness (QED) is 0.201. The molecule has 4 aromatic rings. The molecular formula is C41H47N5O5S. The topological polar surface area (TPSA) is 116 Å². The van der Waals surface area contributed by atoms with Gasteiger partial charge in [0.15, 0.2) is 0 Å². The van der Waals surface area contributed by atoms with E-state index in [1.54, 1.807) is 33.2 Å². The van der Waals surface area contributed by atoms with Crippen molar-refractivity contribution in [2.24, 2.45) is 5.92 Å². The second-order valence-corrected chi connectivity index (χ2v) is 18.1. The van der Waals surface area contributed by atoms with Crippen molar-refractivity contribution < 1.29 is 22.7 Å². The number of piperidine rings is 1. The van der Waals surface area contributed by atoms with Crippen LogP contribution in [0, 0.1) is 5.92 Å². The maximum atomic E-state index is 14.4. The van der Waals surface area contributed by atoms with Gasteiger partial charge in [0, 0.05) is 34.6 Å². The first-order valence-corrected chi connectivity index (χ1v) is 20.7. The summed E-state index contributed by atoms with van der Waals surface area (Å²) in [7, 11) is -2.14. The molecule has 11 heteroatoms. The van der Waals surface area contributed by atoms with Gasteiger partial charge in [-0.05, 0) is 124 Å². The van der Waals surface area contributed by atoms with Crippen molar-refractivity contribution >= 4 is 44.4 Å². The third-order valence-corrected chi connectivity index (χ3v) is 14.2. The summed E-state index contributed by atoms with van der Waals surface area (Å²) in [5, 5.41) is 5.27. The number of allylic oxidation sites excluding steroid dienone is 1. The summed E-state index contributed by atoms with van der Waals surface area (Å²) in [5.41, 5.74) is 8.15. The first kappa shape index (κ1) is 33.5. The van der Waals surface area contributed by atoms with Crippen LogP contribution < -0.4 is 9.46 Å². The fourth-order valence-corrected chi connectivity index (χ4v) is 9.79. The maximum absolute atomic E-state index is 14.4. The molecule has 5 aliphatic rings. The summed E-state index contributed by atoms with van der Waals surface area (Å²) in [6.45, 7) is 4.36. The van der Waals surface area contributed by atoms with Crippen molar-refractivity contribution in [1.29, 1.82) is 0 Å². The van der Waals surface area contributed by atoms with Crippen LogP contribution in [-0.2, 0) is 16.6 Å². The van der Waals surface area contributed by atoms with Crippen LogP contribution in [0.2, 0.25) is 0 Å². The lowest BCUT2D eigenvalue weighted by Gasteiger charge is -2.29. The molecule has 0 spiro atoms. The smallest absolute Gasteiger partial charge is 0.264 e. The molecule has 0 unspecified atom stereocenters. The summed E-state index contributed by atoms with van der Waals surface area (Å²) < 4.78 is 38.0. The number of nitrogens with one attached hydrogen (secondary N) is 1. The highest BCUT2D eigenvalue weighted by molar-refractivity contribution is 7.90. The molecule has 0 radical (unpaired) electrons. The van der Waals surface area contributed by atoms with Crippen LogP contribution in [0.1, 0.15) is 128 Å². The van der Waals surface area contributed by atoms with Gasteiger partial charge in [0.2, 0.25) is 10.0 Å². The van der Waals surface area contributed by atoms with Crippen LogP contribution in [0.5, 0.6) is 5.75 Å². The number of amides is 2. The monoisotopic (exact) mass is 721 g/mol. The van der Waals surface area contributed by atoms with Crippen LogP contribution in [0.15, 0.2) is 42.6 Å². The van der Waals surface area contributed by atoms with Gasteiger partial charge in [0.05, 0.1) is 48.1 Å². The lowest BCUT2D eigenvalue weighted by Crippen LogP contribution is -2.35. The van der Waals surface area contributed by atoms with Gasteiger partial charge in [0.25, 0.3) is 11.8 Å². The minimum Gasteiger partial charge on any atom is -0.497 e. The number of sulfonamides is 1. The predicted molar refractivity (Wildman–Crippen MR) is 202 cm³/mol. The van der Waals surface area contributed by atoms with E-state index in [1.807, 2.05) is 18.2 Å². The number of nitrogens with zero attached hydrogens (tertiary/aromatic N) is 4. The van der Waals surface area contributed by atoms with Gasteiger partial charge in [-0.15, -0.1) is 0 Å². The van der Waals surface area contributed by atoms with Crippen molar-refractivity contribution in [3.63, 3.8) is 0 Å². The average Bonchev–Trinajstić information content (AvgIpc) is 3.46. The molecule has 0 bridgehead atoms. The van der Waals surface area contributed by atoms with Crippen LogP contribution in [0.3, 0.4) is 0 Å². The van der Waals surface area contributed by atoms with Crippen molar-refractivity contribution in [1.82, 2.24) is 24.0 Å². The van der Waals surface area contributed by atoms with E-state index in [0.29, 0.717) is 35.5 Å². The van der Waals surface area contributed by atoms with Crippen LogP contribution in [0.4, 0.5) is 0 Å². The Morgan fingerprint density at radius 3 is 2.44 bits per heavy atom. The second-order valence-electron chi connectivity index (χ2n) is 15.8. The molecule has 9 rings (SSSR count). The molecule has 3 aliphatic carbocycles. The summed E-state index contributed by atoms with van der Waals surface area (Å²) in [4.78, 5) is 30.0. The molecule has 2 atom stereocenters. The van der Waals surface area contributed by atoms with Crippen LogP contribution >= 0.6 is 0 Å². The van der Waals surface area contributed by atoms with Crippen molar-refractivity contribution in [3.8, 4) is 17.0 Å². The number of carbonyl (C=O) groups excluding carboxylic acids is 2. The Labute approximate surface area is 305 Å². The van der Waals surface area contributed by atoms with Gasteiger partial charge < -0.3 is 14.2 Å². The Hall–Kier alpha value is -4.38. The van der Waals surface area contributed by atoms with Crippen LogP contribution in [0.25, 0.3) is 33.8 Å². The molecule has 3 saturated carbocycles. The van der Waals surface area contributed by atoms with E-state index in [-0.39, 0.29) is 11.9 Å². The summed E-state index contributed by atoms with van der Waals surface area (Å²) >= 11 is 0. The summed E-state index contributed by atoms with van der Waals surface area (Å²) in [6.07, 6.45) is 15.1. The number of ether oxygens (including phenoxy) is 1. The number of methoxy groups -OCH3 is 1. The molecule has 2 aliphatic heterocycles. The van der Waals surface area contributed by atoms with E-state index in [4.69, 9.17) is 9.84 Å². The molecule has 2 aromatic carbocycles.